The summed E-state index contributed by atoms with van der Waals surface area (Å²) in [6.07, 6.45) is 3.49. The molecule has 114 valence electrons. The van der Waals surface area contributed by atoms with Crippen molar-refractivity contribution in [1.29, 1.82) is 0 Å². The molecule has 0 atom stereocenters. The molecule has 1 N–H and O–H groups in total. The average Bonchev–Trinajstić information content (AvgIpc) is 3.16. The standard InChI is InChI=1S/C13H17N9/c1-10-16-11(18-17-10)8-20-4-6-21(7-5-20)12-2-3-14-13-19-15-9-22(12)13/h2-3,9H,4-8H2,1H3,(H,16,17,18). The van der Waals surface area contributed by atoms with Gasteiger partial charge in [0.05, 0.1) is 6.54 Å². The summed E-state index contributed by atoms with van der Waals surface area (Å²) in [6.45, 7) is 6.54. The molecule has 0 aliphatic carbocycles. The Morgan fingerprint density at radius 2 is 2.09 bits per heavy atom. The number of anilines is 1. The molecule has 0 bridgehead atoms. The molecule has 1 aliphatic rings. The summed E-state index contributed by atoms with van der Waals surface area (Å²) < 4.78 is 1.92. The van der Waals surface area contributed by atoms with Gasteiger partial charge < -0.3 is 4.90 Å². The summed E-state index contributed by atoms with van der Waals surface area (Å²) >= 11 is 0. The molecule has 1 fully saturated rings. The van der Waals surface area contributed by atoms with Crippen LogP contribution in [-0.2, 0) is 6.54 Å². The Hall–Kier alpha value is -2.55. The van der Waals surface area contributed by atoms with E-state index >= 15 is 0 Å². The Labute approximate surface area is 127 Å². The fourth-order valence-corrected chi connectivity index (χ4v) is 2.78. The Kier molecular flexibility index (Phi) is 3.19. The van der Waals surface area contributed by atoms with Crippen LogP contribution in [0.5, 0.6) is 0 Å². The molecule has 9 nitrogen and oxygen atoms in total. The van der Waals surface area contributed by atoms with Crippen molar-refractivity contribution in [3.63, 3.8) is 0 Å². The van der Waals surface area contributed by atoms with Crippen LogP contribution in [0, 0.1) is 6.92 Å². The van der Waals surface area contributed by atoms with Gasteiger partial charge in [0.25, 0.3) is 5.78 Å². The highest BCUT2D eigenvalue weighted by atomic mass is 15.4. The number of fused-ring (bicyclic) bond motifs is 1. The molecule has 0 radical (unpaired) electrons. The maximum Gasteiger partial charge on any atom is 0.256 e. The van der Waals surface area contributed by atoms with Crippen LogP contribution in [0.3, 0.4) is 0 Å². The normalized spacial score (nSPS) is 16.5. The Balaban J connectivity index is 1.44. The molecule has 4 rings (SSSR count). The average molecular weight is 299 g/mol. The van der Waals surface area contributed by atoms with E-state index in [0.717, 1.165) is 50.2 Å². The van der Waals surface area contributed by atoms with Gasteiger partial charge in [-0.1, -0.05) is 0 Å². The first-order chi connectivity index (χ1) is 10.8. The molecule has 1 saturated heterocycles. The minimum Gasteiger partial charge on any atom is -0.355 e. The maximum absolute atomic E-state index is 4.37. The second-order valence-corrected chi connectivity index (χ2v) is 5.40. The van der Waals surface area contributed by atoms with E-state index in [9.17, 15) is 0 Å². The molecule has 3 aromatic heterocycles. The Morgan fingerprint density at radius 3 is 2.86 bits per heavy atom. The first-order valence-electron chi connectivity index (χ1n) is 7.29. The van der Waals surface area contributed by atoms with Crippen molar-refractivity contribution >= 4 is 11.6 Å². The van der Waals surface area contributed by atoms with E-state index in [1.807, 2.05) is 17.4 Å². The number of aromatic amines is 1. The van der Waals surface area contributed by atoms with E-state index in [0.29, 0.717) is 5.78 Å². The van der Waals surface area contributed by atoms with E-state index in [2.05, 4.69) is 40.2 Å². The zero-order valence-corrected chi connectivity index (χ0v) is 12.3. The molecular formula is C13H17N9. The number of rotatable bonds is 3. The highest BCUT2D eigenvalue weighted by Gasteiger charge is 2.20. The van der Waals surface area contributed by atoms with Crippen LogP contribution in [0.15, 0.2) is 18.6 Å². The zero-order chi connectivity index (χ0) is 14.9. The van der Waals surface area contributed by atoms with Crippen LogP contribution in [0.25, 0.3) is 5.78 Å². The van der Waals surface area contributed by atoms with Crippen LogP contribution in [0.4, 0.5) is 5.82 Å². The van der Waals surface area contributed by atoms with Gasteiger partial charge in [-0.15, -0.1) is 10.2 Å². The fraction of sp³-hybridized carbons (Fsp3) is 0.462. The number of aryl methyl sites for hydroxylation is 1. The van der Waals surface area contributed by atoms with Crippen molar-refractivity contribution in [1.82, 2.24) is 39.7 Å². The van der Waals surface area contributed by atoms with Crippen molar-refractivity contribution < 1.29 is 0 Å². The van der Waals surface area contributed by atoms with Gasteiger partial charge in [-0.2, -0.15) is 5.10 Å². The molecule has 0 saturated carbocycles. The second-order valence-electron chi connectivity index (χ2n) is 5.40. The zero-order valence-electron chi connectivity index (χ0n) is 12.3. The minimum atomic E-state index is 0.635. The van der Waals surface area contributed by atoms with Crippen molar-refractivity contribution in [3.05, 3.63) is 30.2 Å². The van der Waals surface area contributed by atoms with Gasteiger partial charge in [0.15, 0.2) is 5.82 Å². The summed E-state index contributed by atoms with van der Waals surface area (Å²) in [7, 11) is 0. The third-order valence-corrected chi connectivity index (χ3v) is 3.90. The molecule has 1 aliphatic heterocycles. The second kappa shape index (κ2) is 5.34. The van der Waals surface area contributed by atoms with E-state index in [1.54, 1.807) is 12.5 Å². The molecular weight excluding hydrogens is 282 g/mol. The fourth-order valence-electron chi connectivity index (χ4n) is 2.78. The van der Waals surface area contributed by atoms with Gasteiger partial charge in [-0.25, -0.2) is 9.97 Å². The monoisotopic (exact) mass is 299 g/mol. The van der Waals surface area contributed by atoms with Gasteiger partial charge in [0.2, 0.25) is 0 Å². The molecule has 0 spiro atoms. The summed E-state index contributed by atoms with van der Waals surface area (Å²) in [6, 6.07) is 2.00. The molecule has 4 heterocycles. The largest absolute Gasteiger partial charge is 0.355 e. The smallest absolute Gasteiger partial charge is 0.256 e. The molecule has 22 heavy (non-hydrogen) atoms. The van der Waals surface area contributed by atoms with Crippen LogP contribution < -0.4 is 4.90 Å². The summed E-state index contributed by atoms with van der Waals surface area (Å²) in [4.78, 5) is 13.3. The van der Waals surface area contributed by atoms with Crippen LogP contribution in [0.1, 0.15) is 11.6 Å². The number of hydrogen-bond acceptors (Lipinski definition) is 7. The maximum atomic E-state index is 4.37. The highest BCUT2D eigenvalue weighted by molar-refractivity contribution is 5.46. The molecule has 0 unspecified atom stereocenters. The lowest BCUT2D eigenvalue weighted by Crippen LogP contribution is -2.46. The van der Waals surface area contributed by atoms with Crippen molar-refractivity contribution in [2.75, 3.05) is 31.1 Å². The number of piperazine rings is 1. The summed E-state index contributed by atoms with van der Waals surface area (Å²) in [5.41, 5.74) is 0. The van der Waals surface area contributed by atoms with Crippen molar-refractivity contribution in [2.24, 2.45) is 0 Å². The van der Waals surface area contributed by atoms with E-state index in [4.69, 9.17) is 0 Å². The van der Waals surface area contributed by atoms with Gasteiger partial charge in [0.1, 0.15) is 18.0 Å². The van der Waals surface area contributed by atoms with Crippen LogP contribution in [-0.4, -0.2) is 65.8 Å². The Bertz CT molecular complexity index is 769. The van der Waals surface area contributed by atoms with Crippen molar-refractivity contribution in [2.45, 2.75) is 13.5 Å². The minimum absolute atomic E-state index is 0.635. The van der Waals surface area contributed by atoms with Gasteiger partial charge in [-0.3, -0.25) is 14.4 Å². The number of nitrogens with one attached hydrogen (secondary N) is 1. The lowest BCUT2D eigenvalue weighted by atomic mass is 10.3. The van der Waals surface area contributed by atoms with Crippen LogP contribution in [0.2, 0.25) is 0 Å². The number of hydrogen-bond donors (Lipinski definition) is 1. The quantitative estimate of drug-likeness (QED) is 0.720. The predicted molar refractivity (Wildman–Crippen MR) is 79.4 cm³/mol. The number of H-pyrrole nitrogens is 1. The molecule has 3 aromatic rings. The van der Waals surface area contributed by atoms with E-state index in [1.165, 1.54) is 0 Å². The van der Waals surface area contributed by atoms with E-state index < -0.39 is 0 Å². The number of aromatic nitrogens is 7. The van der Waals surface area contributed by atoms with Gasteiger partial charge >= 0.3 is 0 Å². The third kappa shape index (κ3) is 2.39. The van der Waals surface area contributed by atoms with Crippen molar-refractivity contribution in [3.8, 4) is 0 Å². The predicted octanol–water partition coefficient (Wildman–Crippen LogP) is -0.127. The number of nitrogens with zero attached hydrogens (tertiary/aromatic N) is 8. The topological polar surface area (TPSA) is 91.1 Å². The summed E-state index contributed by atoms with van der Waals surface area (Å²) in [5.74, 6) is 3.44. The van der Waals surface area contributed by atoms with Gasteiger partial charge in [0, 0.05) is 32.4 Å². The van der Waals surface area contributed by atoms with Crippen LogP contribution >= 0.6 is 0 Å². The molecule has 9 heteroatoms. The summed E-state index contributed by atoms with van der Waals surface area (Å²) in [5, 5.41) is 15.0. The lowest BCUT2D eigenvalue weighted by Gasteiger charge is -2.35. The Morgan fingerprint density at radius 1 is 1.23 bits per heavy atom. The molecule has 0 aromatic carbocycles. The SMILES string of the molecule is Cc1nc(CN2CCN(c3ccnc4nncn34)CC2)n[nH]1. The first-order valence-corrected chi connectivity index (χ1v) is 7.29. The lowest BCUT2D eigenvalue weighted by molar-refractivity contribution is 0.243. The molecule has 0 amide bonds. The first kappa shape index (κ1) is 13.1. The highest BCUT2D eigenvalue weighted by Crippen LogP contribution is 2.16. The third-order valence-electron chi connectivity index (χ3n) is 3.90. The van der Waals surface area contributed by atoms with E-state index in [-0.39, 0.29) is 0 Å². The van der Waals surface area contributed by atoms with Gasteiger partial charge in [-0.05, 0) is 13.0 Å².